The zero-order chi connectivity index (χ0) is 21.1. The monoisotopic (exact) mass is 404 g/mol. The topological polar surface area (TPSA) is 84.0 Å². The summed E-state index contributed by atoms with van der Waals surface area (Å²) >= 11 is 0. The highest BCUT2D eigenvalue weighted by Gasteiger charge is 2.17. The molecule has 29 heavy (non-hydrogen) atoms. The molecule has 0 saturated carbocycles. The van der Waals surface area contributed by atoms with Crippen molar-refractivity contribution in [3.8, 4) is 5.75 Å². The standard InChI is InChI=1S/C22H36N4O3/c1-5-23-22(24-11-10-21(27)26-16(2)3)25-14-18-9-8-17(4)13-20(18)29-15-19-7-6-12-28-19/h8-9,13,16,19H,5-7,10-12,14-15H2,1-4H3,(H,26,27)(H2,23,24,25). The molecule has 1 saturated heterocycles. The highest BCUT2D eigenvalue weighted by Crippen LogP contribution is 2.23. The first-order valence-electron chi connectivity index (χ1n) is 10.6. The molecule has 1 amide bonds. The number of carbonyl (C=O) groups is 1. The first-order valence-corrected chi connectivity index (χ1v) is 10.6. The van der Waals surface area contributed by atoms with Crippen molar-refractivity contribution in [2.24, 2.45) is 4.99 Å². The number of nitrogens with one attached hydrogen (secondary N) is 3. The lowest BCUT2D eigenvalue weighted by Gasteiger charge is -2.16. The molecule has 1 unspecified atom stereocenters. The van der Waals surface area contributed by atoms with Crippen LogP contribution in [-0.4, -0.2) is 50.3 Å². The van der Waals surface area contributed by atoms with Crippen LogP contribution in [0.15, 0.2) is 23.2 Å². The Labute approximate surface area is 174 Å². The molecule has 1 atom stereocenters. The Balaban J connectivity index is 1.93. The number of amides is 1. The summed E-state index contributed by atoms with van der Waals surface area (Å²) in [5, 5.41) is 9.33. The zero-order valence-electron chi connectivity index (χ0n) is 18.2. The van der Waals surface area contributed by atoms with Gasteiger partial charge in [-0.2, -0.15) is 0 Å². The average molecular weight is 405 g/mol. The van der Waals surface area contributed by atoms with Crippen molar-refractivity contribution < 1.29 is 14.3 Å². The highest BCUT2D eigenvalue weighted by molar-refractivity contribution is 5.81. The van der Waals surface area contributed by atoms with Gasteiger partial charge in [-0.25, -0.2) is 4.99 Å². The van der Waals surface area contributed by atoms with Gasteiger partial charge >= 0.3 is 0 Å². The molecule has 0 spiro atoms. The Hall–Kier alpha value is -2.28. The third-order valence-electron chi connectivity index (χ3n) is 4.52. The fourth-order valence-electron chi connectivity index (χ4n) is 3.08. The van der Waals surface area contributed by atoms with E-state index in [-0.39, 0.29) is 18.1 Å². The quantitative estimate of drug-likeness (QED) is 0.412. The number of hydrogen-bond donors (Lipinski definition) is 3. The van der Waals surface area contributed by atoms with Crippen LogP contribution in [-0.2, 0) is 16.1 Å². The van der Waals surface area contributed by atoms with E-state index in [9.17, 15) is 4.79 Å². The molecule has 1 aliphatic heterocycles. The van der Waals surface area contributed by atoms with Crippen molar-refractivity contribution in [1.82, 2.24) is 16.0 Å². The number of nitrogens with zero attached hydrogens (tertiary/aromatic N) is 1. The number of aryl methyl sites for hydroxylation is 1. The lowest BCUT2D eigenvalue weighted by molar-refractivity contribution is -0.121. The first-order chi connectivity index (χ1) is 14.0. The van der Waals surface area contributed by atoms with Crippen LogP contribution >= 0.6 is 0 Å². The Morgan fingerprint density at radius 2 is 2.17 bits per heavy atom. The maximum Gasteiger partial charge on any atom is 0.221 e. The van der Waals surface area contributed by atoms with E-state index in [0.717, 1.165) is 42.9 Å². The number of carbonyl (C=O) groups excluding carboxylic acids is 1. The molecule has 1 fully saturated rings. The Morgan fingerprint density at radius 1 is 1.34 bits per heavy atom. The maximum absolute atomic E-state index is 11.8. The Kier molecular flexibility index (Phi) is 9.77. The molecule has 1 aromatic rings. The first kappa shape index (κ1) is 23.0. The number of ether oxygens (including phenoxy) is 2. The lowest BCUT2D eigenvalue weighted by atomic mass is 10.1. The van der Waals surface area contributed by atoms with Gasteiger partial charge in [-0.3, -0.25) is 4.79 Å². The molecule has 162 valence electrons. The van der Waals surface area contributed by atoms with Gasteiger partial charge in [-0.15, -0.1) is 0 Å². The molecule has 7 nitrogen and oxygen atoms in total. The molecule has 3 N–H and O–H groups in total. The van der Waals surface area contributed by atoms with E-state index in [1.54, 1.807) is 0 Å². The second-order valence-corrected chi connectivity index (χ2v) is 7.65. The van der Waals surface area contributed by atoms with Gasteiger partial charge in [0.15, 0.2) is 5.96 Å². The number of guanidine groups is 1. The summed E-state index contributed by atoms with van der Waals surface area (Å²) in [5.41, 5.74) is 2.18. The van der Waals surface area contributed by atoms with E-state index >= 15 is 0 Å². The zero-order valence-corrected chi connectivity index (χ0v) is 18.2. The molecular formula is C22H36N4O3. The minimum atomic E-state index is 0.0340. The van der Waals surface area contributed by atoms with E-state index in [2.05, 4.69) is 46.1 Å². The normalized spacial score (nSPS) is 16.7. The van der Waals surface area contributed by atoms with Crippen molar-refractivity contribution in [3.05, 3.63) is 29.3 Å². The summed E-state index contributed by atoms with van der Waals surface area (Å²) < 4.78 is 11.7. The maximum atomic E-state index is 11.8. The average Bonchev–Trinajstić information content (AvgIpc) is 3.18. The molecule has 7 heteroatoms. The van der Waals surface area contributed by atoms with Gasteiger partial charge in [-0.05, 0) is 52.2 Å². The lowest BCUT2D eigenvalue weighted by Crippen LogP contribution is -2.40. The minimum Gasteiger partial charge on any atom is -0.491 e. The van der Waals surface area contributed by atoms with Gasteiger partial charge in [0.05, 0.1) is 12.6 Å². The van der Waals surface area contributed by atoms with E-state index in [1.807, 2.05) is 20.8 Å². The molecule has 2 rings (SSSR count). The third kappa shape index (κ3) is 8.73. The summed E-state index contributed by atoms with van der Waals surface area (Å²) in [6, 6.07) is 6.33. The molecule has 0 aromatic heterocycles. The summed E-state index contributed by atoms with van der Waals surface area (Å²) in [4.78, 5) is 16.5. The number of aliphatic imine (C=N–C) groups is 1. The predicted molar refractivity (Wildman–Crippen MR) is 116 cm³/mol. The van der Waals surface area contributed by atoms with E-state index < -0.39 is 0 Å². The molecule has 1 aromatic carbocycles. The molecule has 0 bridgehead atoms. The van der Waals surface area contributed by atoms with Crippen LogP contribution in [0.1, 0.15) is 51.2 Å². The number of benzene rings is 1. The second kappa shape index (κ2) is 12.3. The van der Waals surface area contributed by atoms with Crippen molar-refractivity contribution in [2.45, 2.75) is 65.6 Å². The predicted octanol–water partition coefficient (Wildman–Crippen LogP) is 2.52. The van der Waals surface area contributed by atoms with Crippen LogP contribution in [0.3, 0.4) is 0 Å². The third-order valence-corrected chi connectivity index (χ3v) is 4.52. The van der Waals surface area contributed by atoms with Crippen LogP contribution in [0.4, 0.5) is 0 Å². The largest absolute Gasteiger partial charge is 0.491 e. The van der Waals surface area contributed by atoms with Gasteiger partial charge in [0.2, 0.25) is 5.91 Å². The van der Waals surface area contributed by atoms with Crippen LogP contribution in [0.5, 0.6) is 5.75 Å². The van der Waals surface area contributed by atoms with Gasteiger partial charge in [-0.1, -0.05) is 12.1 Å². The summed E-state index contributed by atoms with van der Waals surface area (Å²) in [7, 11) is 0. The Morgan fingerprint density at radius 3 is 2.86 bits per heavy atom. The van der Waals surface area contributed by atoms with Gasteiger partial charge < -0.3 is 25.4 Å². The summed E-state index contributed by atoms with van der Waals surface area (Å²) in [6.07, 6.45) is 2.75. The molecule has 1 aliphatic rings. The fourth-order valence-corrected chi connectivity index (χ4v) is 3.08. The molecule has 0 aliphatic carbocycles. The van der Waals surface area contributed by atoms with E-state index in [0.29, 0.717) is 32.1 Å². The smallest absolute Gasteiger partial charge is 0.221 e. The molecular weight excluding hydrogens is 368 g/mol. The van der Waals surface area contributed by atoms with Crippen molar-refractivity contribution in [2.75, 3.05) is 26.3 Å². The van der Waals surface area contributed by atoms with Crippen LogP contribution < -0.4 is 20.7 Å². The molecule has 0 radical (unpaired) electrons. The van der Waals surface area contributed by atoms with Crippen molar-refractivity contribution >= 4 is 11.9 Å². The van der Waals surface area contributed by atoms with Crippen molar-refractivity contribution in [1.29, 1.82) is 0 Å². The SMILES string of the molecule is CCNC(=NCc1ccc(C)cc1OCC1CCCO1)NCCC(=O)NC(C)C. The summed E-state index contributed by atoms with van der Waals surface area (Å²) in [6.45, 7) is 11.2. The number of rotatable bonds is 10. The van der Waals surface area contributed by atoms with E-state index in [4.69, 9.17) is 9.47 Å². The minimum absolute atomic E-state index is 0.0340. The van der Waals surface area contributed by atoms with Crippen molar-refractivity contribution in [3.63, 3.8) is 0 Å². The van der Waals surface area contributed by atoms with Gasteiger partial charge in [0, 0.05) is 37.7 Å². The van der Waals surface area contributed by atoms with Gasteiger partial charge in [0.25, 0.3) is 0 Å². The van der Waals surface area contributed by atoms with Crippen LogP contribution in [0.25, 0.3) is 0 Å². The number of hydrogen-bond acceptors (Lipinski definition) is 4. The van der Waals surface area contributed by atoms with E-state index in [1.165, 1.54) is 0 Å². The highest BCUT2D eigenvalue weighted by atomic mass is 16.5. The fraction of sp³-hybridized carbons (Fsp3) is 0.636. The van der Waals surface area contributed by atoms with Crippen LogP contribution in [0.2, 0.25) is 0 Å². The second-order valence-electron chi connectivity index (χ2n) is 7.65. The molecule has 1 heterocycles. The summed E-state index contributed by atoms with van der Waals surface area (Å²) in [5.74, 6) is 1.58. The van der Waals surface area contributed by atoms with Gasteiger partial charge in [0.1, 0.15) is 12.4 Å². The van der Waals surface area contributed by atoms with Crippen LogP contribution in [0, 0.1) is 6.92 Å². The Bertz CT molecular complexity index is 670.